The number of fused-ring (bicyclic) bond motifs is 1. The van der Waals surface area contributed by atoms with Crippen LogP contribution in [0.3, 0.4) is 0 Å². The predicted molar refractivity (Wildman–Crippen MR) is 61.6 cm³/mol. The van der Waals surface area contributed by atoms with E-state index in [0.717, 1.165) is 0 Å². The molecule has 1 unspecified atom stereocenters. The molecule has 1 aromatic rings. The van der Waals surface area contributed by atoms with Crippen molar-refractivity contribution in [3.05, 3.63) is 41.5 Å². The van der Waals surface area contributed by atoms with Gasteiger partial charge in [0.25, 0.3) is 0 Å². The van der Waals surface area contributed by atoms with E-state index in [9.17, 15) is 0 Å². The fourth-order valence-corrected chi connectivity index (χ4v) is 3.98. The average molecular weight is 209 g/mol. The van der Waals surface area contributed by atoms with Crippen LogP contribution in [-0.2, 0) is 0 Å². The lowest BCUT2D eigenvalue weighted by Gasteiger charge is -2.21. The quantitative estimate of drug-likeness (QED) is 0.487. The third kappa shape index (κ3) is 1.58. The molecule has 0 saturated carbocycles. The molecule has 0 amide bonds. The maximum absolute atomic E-state index is 6.45. The van der Waals surface area contributed by atoms with Crippen LogP contribution in [0.1, 0.15) is 16.7 Å². The van der Waals surface area contributed by atoms with Crippen LogP contribution in [0.15, 0.2) is 30.3 Å². The molecule has 0 N–H and O–H groups in total. The minimum atomic E-state index is -1.59. The Kier molecular flexibility index (Phi) is 2.09. The van der Waals surface area contributed by atoms with Crippen molar-refractivity contribution in [2.24, 2.45) is 0 Å². The van der Waals surface area contributed by atoms with Crippen LogP contribution in [0.4, 0.5) is 0 Å². The molecule has 0 bridgehead atoms. The number of hydrogen-bond donors (Lipinski definition) is 0. The molecule has 0 fully saturated rings. The van der Waals surface area contributed by atoms with Crippen LogP contribution in [-0.4, -0.2) is 7.38 Å². The maximum atomic E-state index is 6.45. The molecule has 1 aliphatic carbocycles. The molecule has 2 rings (SSSR count). The molecule has 1 atom stereocenters. The summed E-state index contributed by atoms with van der Waals surface area (Å²) in [6.07, 6.45) is 4.45. The molecule has 1 aliphatic rings. The van der Waals surface area contributed by atoms with E-state index in [1.165, 1.54) is 11.1 Å². The molecule has 68 valence electrons. The van der Waals surface area contributed by atoms with E-state index < -0.39 is 7.38 Å². The van der Waals surface area contributed by atoms with Crippen LogP contribution in [0.2, 0.25) is 13.1 Å². The molecule has 0 aliphatic heterocycles. The summed E-state index contributed by atoms with van der Waals surface area (Å²) < 4.78 is 0. The van der Waals surface area contributed by atoms with Gasteiger partial charge in [0.05, 0.1) is 0 Å². The van der Waals surface area contributed by atoms with Gasteiger partial charge in [-0.1, -0.05) is 49.5 Å². The van der Waals surface area contributed by atoms with E-state index in [2.05, 4.69) is 49.5 Å². The number of allylic oxidation sites excluding steroid dienone is 1. The van der Waals surface area contributed by atoms with Crippen molar-refractivity contribution in [1.82, 2.24) is 0 Å². The highest BCUT2D eigenvalue weighted by molar-refractivity contribution is 7.20. The van der Waals surface area contributed by atoms with E-state index in [-0.39, 0.29) is 0 Å². The van der Waals surface area contributed by atoms with Crippen LogP contribution < -0.4 is 0 Å². The van der Waals surface area contributed by atoms with Crippen molar-refractivity contribution < 1.29 is 0 Å². The highest BCUT2D eigenvalue weighted by atomic mass is 35.6. The number of hydrogen-bond acceptors (Lipinski definition) is 0. The zero-order valence-corrected chi connectivity index (χ0v) is 9.68. The minimum absolute atomic E-state index is 0.491. The summed E-state index contributed by atoms with van der Waals surface area (Å²) >= 11 is 6.45. The zero-order chi connectivity index (χ0) is 9.47. The van der Waals surface area contributed by atoms with Crippen molar-refractivity contribution in [2.75, 3.05) is 0 Å². The van der Waals surface area contributed by atoms with Gasteiger partial charge < -0.3 is 0 Å². The molecule has 0 nitrogen and oxygen atoms in total. The van der Waals surface area contributed by atoms with Gasteiger partial charge in [0.15, 0.2) is 7.38 Å². The molecule has 0 heterocycles. The van der Waals surface area contributed by atoms with Crippen LogP contribution in [0.25, 0.3) is 6.08 Å². The number of halogens is 1. The van der Waals surface area contributed by atoms with Crippen molar-refractivity contribution in [2.45, 2.75) is 18.6 Å². The van der Waals surface area contributed by atoms with Gasteiger partial charge in [0, 0.05) is 5.54 Å². The molecule has 0 radical (unpaired) electrons. The van der Waals surface area contributed by atoms with Gasteiger partial charge in [-0.2, -0.15) is 11.1 Å². The lowest BCUT2D eigenvalue weighted by Crippen LogP contribution is -2.25. The van der Waals surface area contributed by atoms with Crippen molar-refractivity contribution >= 4 is 24.5 Å². The molecular weight excluding hydrogens is 196 g/mol. The van der Waals surface area contributed by atoms with Gasteiger partial charge in [-0.3, -0.25) is 0 Å². The van der Waals surface area contributed by atoms with Crippen molar-refractivity contribution in [3.8, 4) is 0 Å². The fourth-order valence-electron chi connectivity index (χ4n) is 1.85. The van der Waals surface area contributed by atoms with Crippen LogP contribution >= 0.6 is 11.1 Å². The minimum Gasteiger partial charge on any atom is -0.167 e. The number of rotatable bonds is 1. The molecule has 2 heteroatoms. The first kappa shape index (κ1) is 9.04. The first-order valence-electron chi connectivity index (χ1n) is 4.55. The third-order valence-corrected chi connectivity index (χ3v) is 5.23. The lowest BCUT2D eigenvalue weighted by molar-refractivity contribution is 1.19. The highest BCUT2D eigenvalue weighted by Gasteiger charge is 2.32. The third-order valence-electron chi connectivity index (χ3n) is 2.54. The van der Waals surface area contributed by atoms with Crippen molar-refractivity contribution in [1.29, 1.82) is 0 Å². The molecule has 1 aromatic carbocycles. The summed E-state index contributed by atoms with van der Waals surface area (Å²) in [6, 6.07) is 8.52. The average Bonchev–Trinajstić information content (AvgIpc) is 2.45. The van der Waals surface area contributed by atoms with E-state index in [1.807, 2.05) is 0 Å². The smallest absolute Gasteiger partial charge is 0.161 e. The largest absolute Gasteiger partial charge is 0.167 e. The van der Waals surface area contributed by atoms with Crippen LogP contribution in [0, 0.1) is 0 Å². The monoisotopic (exact) mass is 208 g/mol. The summed E-state index contributed by atoms with van der Waals surface area (Å²) in [5.41, 5.74) is 3.24. The molecule has 13 heavy (non-hydrogen) atoms. The fraction of sp³-hybridized carbons (Fsp3) is 0.273. The van der Waals surface area contributed by atoms with Gasteiger partial charge in [0.1, 0.15) is 0 Å². The Hall–Kier alpha value is -0.533. The van der Waals surface area contributed by atoms with Gasteiger partial charge in [0.2, 0.25) is 0 Å². The highest BCUT2D eigenvalue weighted by Crippen LogP contribution is 2.38. The second kappa shape index (κ2) is 3.00. The maximum Gasteiger partial charge on any atom is 0.161 e. The summed E-state index contributed by atoms with van der Waals surface area (Å²) in [5.74, 6) is 0. The normalized spacial score (nSPS) is 20.4. The first-order chi connectivity index (χ1) is 6.09. The predicted octanol–water partition coefficient (Wildman–Crippen LogP) is 3.78. The van der Waals surface area contributed by atoms with Gasteiger partial charge in [-0.05, 0) is 11.1 Å². The second-order valence-corrected chi connectivity index (χ2v) is 10.7. The molecular formula is C11H13ClSi. The van der Waals surface area contributed by atoms with E-state index in [1.54, 1.807) is 0 Å². The van der Waals surface area contributed by atoms with Gasteiger partial charge >= 0.3 is 0 Å². The number of benzene rings is 1. The summed E-state index contributed by atoms with van der Waals surface area (Å²) in [4.78, 5) is 0. The topological polar surface area (TPSA) is 0 Å². The van der Waals surface area contributed by atoms with E-state index >= 15 is 0 Å². The Bertz CT molecular complexity index is 349. The zero-order valence-electron chi connectivity index (χ0n) is 7.92. The van der Waals surface area contributed by atoms with Gasteiger partial charge in [-0.15, -0.1) is 0 Å². The van der Waals surface area contributed by atoms with Crippen LogP contribution in [0.5, 0.6) is 0 Å². The standard InChI is InChI=1S/C11H13ClSi/c1-13(2,12)11-8-7-9-5-3-4-6-10(9)11/h3-8,11H,1-2H3. The Balaban J connectivity index is 2.45. The first-order valence-corrected chi connectivity index (χ1v) is 8.64. The van der Waals surface area contributed by atoms with E-state index in [4.69, 9.17) is 11.1 Å². The summed E-state index contributed by atoms with van der Waals surface area (Å²) in [5, 5.41) is 0. The summed E-state index contributed by atoms with van der Waals surface area (Å²) in [6.45, 7) is 4.40. The second-order valence-electron chi connectivity index (χ2n) is 4.03. The molecule has 0 aromatic heterocycles. The Morgan fingerprint density at radius 2 is 1.92 bits per heavy atom. The molecule has 0 saturated heterocycles. The summed E-state index contributed by atoms with van der Waals surface area (Å²) in [7, 11) is -1.59. The SMILES string of the molecule is C[Si](C)(Cl)C1C=Cc2ccccc21. The Morgan fingerprint density at radius 3 is 2.62 bits per heavy atom. The van der Waals surface area contributed by atoms with Crippen molar-refractivity contribution in [3.63, 3.8) is 0 Å². The molecule has 0 spiro atoms. The lowest BCUT2D eigenvalue weighted by atomic mass is 10.1. The van der Waals surface area contributed by atoms with Gasteiger partial charge in [-0.25, -0.2) is 0 Å². The van der Waals surface area contributed by atoms with E-state index in [0.29, 0.717) is 5.54 Å². The Morgan fingerprint density at radius 1 is 1.23 bits per heavy atom. The Labute approximate surface area is 85.0 Å².